The number of hydrogen-bond donors (Lipinski definition) is 1. The fourth-order valence-corrected chi connectivity index (χ4v) is 6.63. The van der Waals surface area contributed by atoms with E-state index in [-0.39, 0.29) is 24.0 Å². The van der Waals surface area contributed by atoms with Gasteiger partial charge in [-0.1, -0.05) is 0 Å². The molecule has 182 valence electrons. The molecule has 4 aromatic heterocycles. The van der Waals surface area contributed by atoms with Gasteiger partial charge in [0.2, 0.25) is 5.91 Å². The van der Waals surface area contributed by atoms with Gasteiger partial charge in [-0.2, -0.15) is 5.10 Å². The summed E-state index contributed by atoms with van der Waals surface area (Å²) >= 11 is 1.68. The molecule has 6 rings (SSSR count). The maximum Gasteiger partial charge on any atom is 0.226 e. The van der Waals surface area contributed by atoms with Crippen LogP contribution < -0.4 is 10.1 Å². The Morgan fingerprint density at radius 2 is 2.09 bits per heavy atom. The molecule has 1 N–H and O–H groups in total. The van der Waals surface area contributed by atoms with Crippen molar-refractivity contribution in [3.63, 3.8) is 0 Å². The number of nitrogens with one attached hydrogen (secondary N) is 1. The lowest BCUT2D eigenvalue weighted by atomic mass is 9.86. The fraction of sp³-hybridized carbons (Fsp3) is 0.440. The Morgan fingerprint density at radius 1 is 1.26 bits per heavy atom. The second-order valence-electron chi connectivity index (χ2n) is 9.43. The van der Waals surface area contributed by atoms with Crippen molar-refractivity contribution >= 4 is 44.5 Å². The van der Waals surface area contributed by atoms with Gasteiger partial charge in [-0.05, 0) is 50.8 Å². The molecule has 1 fully saturated rings. The molecular formula is C25H28N6O3S. The normalized spacial score (nSPS) is 22.4. The van der Waals surface area contributed by atoms with E-state index in [0.29, 0.717) is 18.8 Å². The van der Waals surface area contributed by atoms with Crippen molar-refractivity contribution in [2.45, 2.75) is 45.3 Å². The van der Waals surface area contributed by atoms with E-state index < -0.39 is 0 Å². The van der Waals surface area contributed by atoms with Crippen LogP contribution in [-0.4, -0.2) is 62.8 Å². The van der Waals surface area contributed by atoms with Crippen LogP contribution in [0.4, 0.5) is 11.5 Å². The van der Waals surface area contributed by atoms with Crippen molar-refractivity contribution in [1.82, 2.24) is 24.5 Å². The molecule has 3 atom stereocenters. The molecule has 5 heterocycles. The second kappa shape index (κ2) is 8.76. The Balaban J connectivity index is 1.30. The summed E-state index contributed by atoms with van der Waals surface area (Å²) in [5, 5.41) is 8.81. The van der Waals surface area contributed by atoms with Gasteiger partial charge in [0.1, 0.15) is 17.0 Å². The Labute approximate surface area is 207 Å². The third-order valence-corrected chi connectivity index (χ3v) is 8.06. The smallest absolute Gasteiger partial charge is 0.226 e. The van der Waals surface area contributed by atoms with E-state index in [1.807, 2.05) is 37.1 Å². The highest BCUT2D eigenvalue weighted by atomic mass is 32.1. The summed E-state index contributed by atoms with van der Waals surface area (Å²) in [6.45, 7) is 5.41. The van der Waals surface area contributed by atoms with Gasteiger partial charge in [0.05, 0.1) is 42.1 Å². The minimum atomic E-state index is 0.00166. The zero-order valence-electron chi connectivity index (χ0n) is 20.0. The third kappa shape index (κ3) is 4.00. The van der Waals surface area contributed by atoms with E-state index in [9.17, 15) is 4.79 Å². The summed E-state index contributed by atoms with van der Waals surface area (Å²) in [7, 11) is 1.64. The summed E-state index contributed by atoms with van der Waals surface area (Å²) in [6.07, 6.45) is 7.77. The first-order chi connectivity index (χ1) is 17.0. The average Bonchev–Trinajstić information content (AvgIpc) is 3.46. The highest BCUT2D eigenvalue weighted by Gasteiger charge is 2.34. The number of morpholine rings is 1. The summed E-state index contributed by atoms with van der Waals surface area (Å²) < 4.78 is 13.2. The summed E-state index contributed by atoms with van der Waals surface area (Å²) in [5.74, 6) is 1.69. The molecular weight excluding hydrogens is 464 g/mol. The SMILES string of the molecule is COc1cn2nccc2cc1Nc1ncnc2sc3c(c12)CC[C@H](C(=O)N1C[C@@H](C)O[C@H](C)C1)C3. The van der Waals surface area contributed by atoms with Gasteiger partial charge in [0.25, 0.3) is 0 Å². The number of hydrogen-bond acceptors (Lipinski definition) is 8. The number of pyridine rings is 1. The van der Waals surface area contributed by atoms with Crippen LogP contribution in [0.25, 0.3) is 15.7 Å². The molecule has 0 unspecified atom stereocenters. The van der Waals surface area contributed by atoms with Gasteiger partial charge in [0, 0.05) is 30.1 Å². The Hall–Kier alpha value is -3.24. The topological polar surface area (TPSA) is 93.9 Å². The summed E-state index contributed by atoms with van der Waals surface area (Å²) in [4.78, 5) is 26.7. The van der Waals surface area contributed by atoms with Crippen LogP contribution in [0.5, 0.6) is 5.75 Å². The van der Waals surface area contributed by atoms with E-state index in [4.69, 9.17) is 9.47 Å². The number of carbonyl (C=O) groups excluding carboxylic acids is 1. The molecule has 0 saturated carbocycles. The number of rotatable bonds is 4. The minimum Gasteiger partial charge on any atom is -0.493 e. The lowest BCUT2D eigenvalue weighted by Crippen LogP contribution is -2.50. The number of carbonyl (C=O) groups is 1. The van der Waals surface area contributed by atoms with E-state index in [1.54, 1.807) is 35.5 Å². The highest BCUT2D eigenvalue weighted by molar-refractivity contribution is 7.19. The zero-order chi connectivity index (χ0) is 24.1. The van der Waals surface area contributed by atoms with Gasteiger partial charge in [0.15, 0.2) is 5.75 Å². The van der Waals surface area contributed by atoms with E-state index in [0.717, 1.165) is 46.5 Å². The minimum absolute atomic E-state index is 0.00166. The number of aromatic nitrogens is 4. The van der Waals surface area contributed by atoms with Crippen molar-refractivity contribution in [1.29, 1.82) is 0 Å². The Morgan fingerprint density at radius 3 is 2.89 bits per heavy atom. The largest absolute Gasteiger partial charge is 0.493 e. The molecule has 35 heavy (non-hydrogen) atoms. The van der Waals surface area contributed by atoms with Crippen LogP contribution in [0.15, 0.2) is 30.9 Å². The maximum absolute atomic E-state index is 13.3. The van der Waals surface area contributed by atoms with Gasteiger partial charge >= 0.3 is 0 Å². The van der Waals surface area contributed by atoms with Crippen LogP contribution in [0, 0.1) is 5.92 Å². The number of ether oxygens (including phenoxy) is 2. The molecule has 1 aliphatic heterocycles. The highest BCUT2D eigenvalue weighted by Crippen LogP contribution is 2.41. The molecule has 1 amide bonds. The quantitative estimate of drug-likeness (QED) is 0.463. The summed E-state index contributed by atoms with van der Waals surface area (Å²) in [6, 6.07) is 3.94. The number of nitrogens with zero attached hydrogens (tertiary/aromatic N) is 5. The Bertz CT molecular complexity index is 1410. The predicted octanol–water partition coefficient (Wildman–Crippen LogP) is 3.83. The third-order valence-electron chi connectivity index (χ3n) is 6.90. The van der Waals surface area contributed by atoms with Gasteiger partial charge < -0.3 is 19.7 Å². The van der Waals surface area contributed by atoms with Crippen molar-refractivity contribution < 1.29 is 14.3 Å². The molecule has 4 aromatic rings. The number of thiophene rings is 1. The van der Waals surface area contributed by atoms with Gasteiger partial charge in [-0.25, -0.2) is 14.5 Å². The summed E-state index contributed by atoms with van der Waals surface area (Å²) in [5.41, 5.74) is 3.03. The molecule has 1 aliphatic carbocycles. The maximum atomic E-state index is 13.3. The van der Waals surface area contributed by atoms with Crippen LogP contribution in [0.1, 0.15) is 30.7 Å². The number of amides is 1. The van der Waals surface area contributed by atoms with Crippen LogP contribution in [0.3, 0.4) is 0 Å². The van der Waals surface area contributed by atoms with Crippen LogP contribution in [-0.2, 0) is 22.4 Å². The van der Waals surface area contributed by atoms with Crippen molar-refractivity contribution in [3.05, 3.63) is 41.3 Å². The lowest BCUT2D eigenvalue weighted by Gasteiger charge is -2.37. The molecule has 9 nitrogen and oxygen atoms in total. The Kier molecular flexibility index (Phi) is 5.57. The molecule has 0 aromatic carbocycles. The van der Waals surface area contributed by atoms with Crippen LogP contribution >= 0.6 is 11.3 Å². The molecule has 0 radical (unpaired) electrons. The molecule has 2 aliphatic rings. The number of fused-ring (bicyclic) bond motifs is 4. The van der Waals surface area contributed by atoms with Crippen molar-refractivity contribution in [2.75, 3.05) is 25.5 Å². The fourth-order valence-electron chi connectivity index (χ4n) is 5.37. The number of methoxy groups -OCH3 is 1. The average molecular weight is 493 g/mol. The van der Waals surface area contributed by atoms with Gasteiger partial charge in [-0.15, -0.1) is 11.3 Å². The first kappa shape index (κ1) is 22.2. The predicted molar refractivity (Wildman–Crippen MR) is 135 cm³/mol. The van der Waals surface area contributed by atoms with E-state index in [2.05, 4.69) is 20.4 Å². The first-order valence-electron chi connectivity index (χ1n) is 12.0. The second-order valence-corrected chi connectivity index (χ2v) is 10.5. The molecule has 1 saturated heterocycles. The molecule has 0 spiro atoms. The first-order valence-corrected chi connectivity index (χ1v) is 12.8. The van der Waals surface area contributed by atoms with Crippen LogP contribution in [0.2, 0.25) is 0 Å². The van der Waals surface area contributed by atoms with E-state index in [1.165, 1.54) is 10.4 Å². The molecule has 10 heteroatoms. The monoisotopic (exact) mass is 492 g/mol. The lowest BCUT2D eigenvalue weighted by molar-refractivity contribution is -0.147. The standard InChI is InChI=1S/C25H28N6O3S/c1-14-10-30(11-15(2)34-14)25(32)16-4-5-18-21(8-16)35-24-22(18)23(26-13-27-24)29-19-9-17-6-7-28-31(17)12-20(19)33-3/h6-7,9,12-16H,4-5,8,10-11H2,1-3H3,(H,26,27,29)/t14-,15-,16+/m1/s1. The molecule has 0 bridgehead atoms. The zero-order valence-corrected chi connectivity index (χ0v) is 20.8. The number of anilines is 2. The van der Waals surface area contributed by atoms with Crippen molar-refractivity contribution in [3.8, 4) is 5.75 Å². The number of aryl methyl sites for hydroxylation is 1. The van der Waals surface area contributed by atoms with E-state index >= 15 is 0 Å². The van der Waals surface area contributed by atoms with Crippen molar-refractivity contribution in [2.24, 2.45) is 5.92 Å². The van der Waals surface area contributed by atoms with Gasteiger partial charge in [-0.3, -0.25) is 4.79 Å².